The quantitative estimate of drug-likeness (QED) is 0.546. The van der Waals surface area contributed by atoms with E-state index >= 15 is 0 Å². The Morgan fingerprint density at radius 1 is 1.18 bits per heavy atom. The van der Waals surface area contributed by atoms with Crippen molar-refractivity contribution in [1.82, 2.24) is 4.90 Å². The Labute approximate surface area is 174 Å². The predicted octanol–water partition coefficient (Wildman–Crippen LogP) is 6.13. The average Bonchev–Trinajstić information content (AvgIpc) is 3.35. The summed E-state index contributed by atoms with van der Waals surface area (Å²) in [7, 11) is 0. The molecule has 1 aliphatic rings. The third-order valence-electron chi connectivity index (χ3n) is 5.09. The molecular formula is C22H23ClN2O2S. The largest absolute Gasteiger partial charge is 0.459 e. The molecule has 4 rings (SSSR count). The van der Waals surface area contributed by atoms with Crippen molar-refractivity contribution in [2.45, 2.75) is 32.2 Å². The van der Waals surface area contributed by atoms with Gasteiger partial charge in [0.1, 0.15) is 5.00 Å². The first-order valence-electron chi connectivity index (χ1n) is 9.56. The van der Waals surface area contributed by atoms with E-state index in [1.807, 2.05) is 12.1 Å². The van der Waals surface area contributed by atoms with Gasteiger partial charge in [-0.1, -0.05) is 30.2 Å². The van der Waals surface area contributed by atoms with Gasteiger partial charge < -0.3 is 9.73 Å². The molecule has 28 heavy (non-hydrogen) atoms. The minimum Gasteiger partial charge on any atom is -0.459 e. The van der Waals surface area contributed by atoms with Gasteiger partial charge in [-0.05, 0) is 68.8 Å². The van der Waals surface area contributed by atoms with E-state index in [2.05, 4.69) is 35.3 Å². The molecule has 3 heterocycles. The zero-order chi connectivity index (χ0) is 19.5. The van der Waals surface area contributed by atoms with Crippen molar-refractivity contribution < 1.29 is 9.21 Å². The number of benzene rings is 1. The molecule has 3 aromatic rings. The number of likely N-dealkylation sites (tertiary alicyclic amines) is 1. The maximum Gasteiger partial charge on any atom is 0.291 e. The van der Waals surface area contributed by atoms with Crippen LogP contribution in [-0.2, 0) is 0 Å². The van der Waals surface area contributed by atoms with Crippen LogP contribution in [0.4, 0.5) is 5.00 Å². The Kier molecular flexibility index (Phi) is 5.85. The standard InChI is InChI=1S/C22H23ClN2O2S/c1-15-14-18(22(28-15)24-21(26)19-6-5-13-27-19)20(25-11-3-2-4-12-25)16-7-9-17(23)10-8-16/h5-10,13-14,20H,2-4,11-12H2,1H3,(H,24,26)/t20-/m1/s1. The molecule has 6 heteroatoms. The highest BCUT2D eigenvalue weighted by atomic mass is 35.5. The van der Waals surface area contributed by atoms with Crippen LogP contribution in [0.2, 0.25) is 5.02 Å². The Morgan fingerprint density at radius 2 is 1.93 bits per heavy atom. The average molecular weight is 415 g/mol. The van der Waals surface area contributed by atoms with Gasteiger partial charge in [0.15, 0.2) is 5.76 Å². The third-order valence-corrected chi connectivity index (χ3v) is 6.33. The van der Waals surface area contributed by atoms with E-state index in [9.17, 15) is 4.79 Å². The van der Waals surface area contributed by atoms with Crippen molar-refractivity contribution in [2.24, 2.45) is 0 Å². The maximum atomic E-state index is 12.6. The Hall–Kier alpha value is -2.08. The highest BCUT2D eigenvalue weighted by Gasteiger charge is 2.28. The zero-order valence-electron chi connectivity index (χ0n) is 15.8. The van der Waals surface area contributed by atoms with Crippen LogP contribution in [0.25, 0.3) is 0 Å². The van der Waals surface area contributed by atoms with E-state index in [1.165, 1.54) is 36.0 Å². The van der Waals surface area contributed by atoms with Crippen LogP contribution in [0, 0.1) is 6.92 Å². The van der Waals surface area contributed by atoms with E-state index < -0.39 is 0 Å². The second-order valence-corrected chi connectivity index (χ2v) is 8.82. The highest BCUT2D eigenvalue weighted by Crippen LogP contribution is 2.40. The van der Waals surface area contributed by atoms with Gasteiger partial charge in [0, 0.05) is 15.5 Å². The van der Waals surface area contributed by atoms with E-state index in [0.29, 0.717) is 5.76 Å². The number of aryl methyl sites for hydroxylation is 1. The van der Waals surface area contributed by atoms with Gasteiger partial charge in [0.05, 0.1) is 12.3 Å². The molecule has 1 N–H and O–H groups in total. The van der Waals surface area contributed by atoms with Crippen LogP contribution in [0.3, 0.4) is 0 Å². The lowest BCUT2D eigenvalue weighted by molar-refractivity contribution is 0.0996. The van der Waals surface area contributed by atoms with E-state index in [0.717, 1.165) is 28.7 Å². The maximum absolute atomic E-state index is 12.6. The number of hydrogen-bond donors (Lipinski definition) is 1. The molecule has 0 bridgehead atoms. The molecule has 1 aromatic carbocycles. The van der Waals surface area contributed by atoms with E-state index in [4.69, 9.17) is 16.0 Å². The summed E-state index contributed by atoms with van der Waals surface area (Å²) < 4.78 is 5.26. The molecule has 4 nitrogen and oxygen atoms in total. The third kappa shape index (κ3) is 4.17. The summed E-state index contributed by atoms with van der Waals surface area (Å²) >= 11 is 7.73. The summed E-state index contributed by atoms with van der Waals surface area (Å²) in [6.45, 7) is 4.17. The minimum absolute atomic E-state index is 0.0921. The second-order valence-electron chi connectivity index (χ2n) is 7.12. The van der Waals surface area contributed by atoms with Crippen molar-refractivity contribution in [3.8, 4) is 0 Å². The summed E-state index contributed by atoms with van der Waals surface area (Å²) in [5.41, 5.74) is 2.32. The number of thiophene rings is 1. The van der Waals surface area contributed by atoms with Crippen LogP contribution < -0.4 is 5.32 Å². The fraction of sp³-hybridized carbons (Fsp3) is 0.318. The van der Waals surface area contributed by atoms with Crippen LogP contribution in [0.5, 0.6) is 0 Å². The molecule has 0 saturated carbocycles. The molecule has 2 aromatic heterocycles. The number of carbonyl (C=O) groups excluding carboxylic acids is 1. The van der Waals surface area contributed by atoms with Gasteiger partial charge in [-0.3, -0.25) is 9.69 Å². The van der Waals surface area contributed by atoms with Crippen LogP contribution in [0.1, 0.15) is 51.9 Å². The number of nitrogens with one attached hydrogen (secondary N) is 1. The number of piperidine rings is 1. The molecular weight excluding hydrogens is 392 g/mol. The summed E-state index contributed by atoms with van der Waals surface area (Å²) in [6.07, 6.45) is 5.18. The minimum atomic E-state index is -0.221. The van der Waals surface area contributed by atoms with Gasteiger partial charge >= 0.3 is 0 Å². The Bertz CT molecular complexity index is 928. The van der Waals surface area contributed by atoms with Gasteiger partial charge in [-0.15, -0.1) is 11.3 Å². The molecule has 1 atom stereocenters. The van der Waals surface area contributed by atoms with Crippen molar-refractivity contribution in [1.29, 1.82) is 0 Å². The number of carbonyl (C=O) groups is 1. The summed E-state index contributed by atoms with van der Waals surface area (Å²) in [4.78, 5) is 16.3. The second kappa shape index (κ2) is 8.52. The number of anilines is 1. The molecule has 0 unspecified atom stereocenters. The number of halogens is 1. The van der Waals surface area contributed by atoms with E-state index in [-0.39, 0.29) is 11.9 Å². The smallest absolute Gasteiger partial charge is 0.291 e. The SMILES string of the molecule is Cc1cc([C@@H](c2ccc(Cl)cc2)N2CCCCC2)c(NC(=O)c2ccco2)s1. The van der Waals surface area contributed by atoms with Crippen molar-refractivity contribution in [3.05, 3.63) is 75.5 Å². The summed E-state index contributed by atoms with van der Waals surface area (Å²) in [5.74, 6) is 0.0969. The van der Waals surface area contributed by atoms with E-state index in [1.54, 1.807) is 23.5 Å². The first-order chi connectivity index (χ1) is 13.6. The predicted molar refractivity (Wildman–Crippen MR) is 114 cm³/mol. The first-order valence-corrected chi connectivity index (χ1v) is 10.8. The van der Waals surface area contributed by atoms with Crippen molar-refractivity contribution in [2.75, 3.05) is 18.4 Å². The molecule has 1 fully saturated rings. The molecule has 0 spiro atoms. The van der Waals surface area contributed by atoms with Gasteiger partial charge in [0.2, 0.25) is 0 Å². The van der Waals surface area contributed by atoms with Gasteiger partial charge in [0.25, 0.3) is 5.91 Å². The Balaban J connectivity index is 1.71. The number of amides is 1. The first kappa shape index (κ1) is 19.2. The number of rotatable bonds is 5. The highest BCUT2D eigenvalue weighted by molar-refractivity contribution is 7.16. The summed E-state index contributed by atoms with van der Waals surface area (Å²) in [6, 6.07) is 13.7. The molecule has 1 amide bonds. The van der Waals surface area contributed by atoms with Crippen molar-refractivity contribution in [3.63, 3.8) is 0 Å². The lowest BCUT2D eigenvalue weighted by atomic mass is 9.96. The topological polar surface area (TPSA) is 45.5 Å². The fourth-order valence-electron chi connectivity index (χ4n) is 3.82. The molecule has 0 aliphatic carbocycles. The summed E-state index contributed by atoms with van der Waals surface area (Å²) in [5, 5.41) is 4.68. The number of furan rings is 1. The van der Waals surface area contributed by atoms with Crippen molar-refractivity contribution >= 4 is 33.8 Å². The Morgan fingerprint density at radius 3 is 2.61 bits per heavy atom. The lowest BCUT2D eigenvalue weighted by Crippen LogP contribution is -2.34. The monoisotopic (exact) mass is 414 g/mol. The molecule has 146 valence electrons. The number of hydrogen-bond acceptors (Lipinski definition) is 4. The molecule has 0 radical (unpaired) electrons. The fourth-order valence-corrected chi connectivity index (χ4v) is 4.88. The van der Waals surface area contributed by atoms with Gasteiger partial charge in [-0.25, -0.2) is 0 Å². The molecule has 1 saturated heterocycles. The zero-order valence-corrected chi connectivity index (χ0v) is 17.4. The van der Waals surface area contributed by atoms with Crippen LogP contribution in [0.15, 0.2) is 53.1 Å². The molecule has 1 aliphatic heterocycles. The van der Waals surface area contributed by atoms with Crippen LogP contribution in [-0.4, -0.2) is 23.9 Å². The lowest BCUT2D eigenvalue weighted by Gasteiger charge is -2.35. The normalized spacial score (nSPS) is 16.1. The van der Waals surface area contributed by atoms with Gasteiger partial charge in [-0.2, -0.15) is 0 Å². The van der Waals surface area contributed by atoms with Crippen LogP contribution >= 0.6 is 22.9 Å². The number of nitrogens with zero attached hydrogens (tertiary/aromatic N) is 1.